The number of phenolic OH excluding ortho intramolecular Hbond substituents is 1. The normalized spacial score (nSPS) is 13.4. The fourth-order valence-corrected chi connectivity index (χ4v) is 4.12. The van der Waals surface area contributed by atoms with E-state index in [1.165, 1.54) is 10.6 Å². The van der Waals surface area contributed by atoms with Crippen LogP contribution >= 0.6 is 23.2 Å². The maximum atomic E-state index is 13.3. The quantitative estimate of drug-likeness (QED) is 0.527. The van der Waals surface area contributed by atoms with Crippen LogP contribution in [0.15, 0.2) is 36.4 Å². The van der Waals surface area contributed by atoms with Gasteiger partial charge in [-0.25, -0.2) is 0 Å². The molecule has 0 bridgehead atoms. The van der Waals surface area contributed by atoms with E-state index < -0.39 is 11.9 Å². The number of rotatable bonds is 5. The first-order valence-electron chi connectivity index (χ1n) is 9.24. The first-order chi connectivity index (χ1) is 13.7. The van der Waals surface area contributed by atoms with E-state index in [1.54, 1.807) is 37.3 Å². The number of hydrogen-bond acceptors (Lipinski definition) is 3. The van der Waals surface area contributed by atoms with Crippen LogP contribution in [0.3, 0.4) is 0 Å². The number of fused-ring (bicyclic) bond motifs is 1. The fraction of sp³-hybridized carbons (Fsp3) is 0.273. The molecule has 0 radical (unpaired) electrons. The Morgan fingerprint density at radius 1 is 1.10 bits per heavy atom. The first kappa shape index (κ1) is 21.2. The lowest BCUT2D eigenvalue weighted by Gasteiger charge is -2.20. The summed E-state index contributed by atoms with van der Waals surface area (Å²) in [5.74, 6) is -2.56. The lowest BCUT2D eigenvalue weighted by atomic mass is 9.84. The summed E-state index contributed by atoms with van der Waals surface area (Å²) in [5, 5.41) is 21.0. The van der Waals surface area contributed by atoms with Gasteiger partial charge in [0.15, 0.2) is 0 Å². The van der Waals surface area contributed by atoms with Crippen molar-refractivity contribution in [1.29, 1.82) is 0 Å². The van der Waals surface area contributed by atoms with E-state index in [9.17, 15) is 19.8 Å². The Kier molecular flexibility index (Phi) is 5.92. The van der Waals surface area contributed by atoms with E-state index in [-0.39, 0.29) is 22.6 Å². The Labute approximate surface area is 178 Å². The number of benzene rings is 2. The van der Waals surface area contributed by atoms with Gasteiger partial charge in [-0.3, -0.25) is 14.2 Å². The number of carbonyl (C=O) groups is 2. The minimum Gasteiger partial charge on any atom is -0.506 e. The molecule has 7 heteroatoms. The Morgan fingerprint density at radius 3 is 2.28 bits per heavy atom. The van der Waals surface area contributed by atoms with Gasteiger partial charge in [0.25, 0.3) is 5.91 Å². The molecule has 2 aromatic carbocycles. The second kappa shape index (κ2) is 8.09. The maximum absolute atomic E-state index is 13.3. The molecular weight excluding hydrogens is 413 g/mol. The Balaban J connectivity index is 2.37. The molecule has 0 spiro atoms. The lowest BCUT2D eigenvalue weighted by Crippen LogP contribution is -2.21. The van der Waals surface area contributed by atoms with Crippen LogP contribution in [0.5, 0.6) is 5.75 Å². The monoisotopic (exact) mass is 433 g/mol. The van der Waals surface area contributed by atoms with Gasteiger partial charge in [0.2, 0.25) is 0 Å². The maximum Gasteiger partial charge on any atom is 0.311 e. The molecule has 2 atom stereocenters. The Hall–Kier alpha value is -2.50. The van der Waals surface area contributed by atoms with Crippen molar-refractivity contribution in [2.45, 2.75) is 33.1 Å². The van der Waals surface area contributed by atoms with Crippen LogP contribution < -0.4 is 0 Å². The van der Waals surface area contributed by atoms with Crippen molar-refractivity contribution in [2.75, 3.05) is 0 Å². The van der Waals surface area contributed by atoms with Crippen LogP contribution in [-0.2, 0) is 4.79 Å². The summed E-state index contributed by atoms with van der Waals surface area (Å²) in [7, 11) is 0. The zero-order chi connectivity index (χ0) is 21.5. The van der Waals surface area contributed by atoms with Gasteiger partial charge >= 0.3 is 5.97 Å². The summed E-state index contributed by atoms with van der Waals surface area (Å²) in [5.41, 5.74) is 1.79. The minimum atomic E-state index is -1.00. The number of carboxylic acid groups (broad SMARTS) is 1. The highest BCUT2D eigenvalue weighted by Gasteiger charge is 2.34. The van der Waals surface area contributed by atoms with Gasteiger partial charge in [0.05, 0.1) is 16.5 Å². The number of aromatic nitrogens is 1. The topological polar surface area (TPSA) is 79.5 Å². The molecule has 0 aliphatic rings. The fourth-order valence-electron chi connectivity index (χ4n) is 3.73. The number of halogens is 2. The highest BCUT2D eigenvalue weighted by Crippen LogP contribution is 2.43. The van der Waals surface area contributed by atoms with Gasteiger partial charge in [-0.1, -0.05) is 43.5 Å². The van der Waals surface area contributed by atoms with Crippen LogP contribution in [0.25, 0.3) is 10.9 Å². The zero-order valence-corrected chi connectivity index (χ0v) is 17.8. The summed E-state index contributed by atoms with van der Waals surface area (Å²) >= 11 is 12.3. The number of hydrogen-bond donors (Lipinski definition) is 2. The van der Waals surface area contributed by atoms with Crippen molar-refractivity contribution >= 4 is 46.0 Å². The Bertz CT molecular complexity index is 1100. The van der Waals surface area contributed by atoms with E-state index in [4.69, 9.17) is 23.2 Å². The molecule has 0 saturated heterocycles. The highest BCUT2D eigenvalue weighted by molar-refractivity contribution is 6.37. The molecule has 29 heavy (non-hydrogen) atoms. The van der Waals surface area contributed by atoms with Crippen molar-refractivity contribution in [2.24, 2.45) is 5.92 Å². The number of aliphatic carboxylic acids is 1. The average molecular weight is 434 g/mol. The molecule has 2 N–H and O–H groups in total. The van der Waals surface area contributed by atoms with Gasteiger partial charge in [-0.05, 0) is 54.8 Å². The average Bonchev–Trinajstić information content (AvgIpc) is 2.97. The molecule has 1 heterocycles. The van der Waals surface area contributed by atoms with Crippen LogP contribution in [0.1, 0.15) is 47.8 Å². The van der Waals surface area contributed by atoms with E-state index in [0.717, 1.165) is 0 Å². The molecule has 3 aromatic rings. The van der Waals surface area contributed by atoms with E-state index in [1.807, 2.05) is 13.8 Å². The van der Waals surface area contributed by atoms with Crippen LogP contribution in [0, 0.1) is 12.8 Å². The van der Waals surface area contributed by atoms with Gasteiger partial charge in [0.1, 0.15) is 5.75 Å². The van der Waals surface area contributed by atoms with Crippen molar-refractivity contribution < 1.29 is 19.8 Å². The molecule has 3 rings (SSSR count). The predicted octanol–water partition coefficient (Wildman–Crippen LogP) is 5.86. The van der Waals surface area contributed by atoms with Crippen molar-refractivity contribution in [3.05, 3.63) is 63.3 Å². The van der Waals surface area contributed by atoms with Gasteiger partial charge < -0.3 is 10.2 Å². The first-order valence-corrected chi connectivity index (χ1v) is 10.00. The van der Waals surface area contributed by atoms with E-state index >= 15 is 0 Å². The summed E-state index contributed by atoms with van der Waals surface area (Å²) in [6.45, 7) is 5.46. The second-order valence-corrected chi connectivity index (χ2v) is 7.96. The van der Waals surface area contributed by atoms with Crippen molar-refractivity contribution in [3.8, 4) is 5.75 Å². The van der Waals surface area contributed by atoms with E-state index in [0.29, 0.717) is 39.2 Å². The van der Waals surface area contributed by atoms with E-state index in [2.05, 4.69) is 0 Å². The number of carbonyl (C=O) groups excluding carboxylic acids is 1. The minimum absolute atomic E-state index is 0.0396. The van der Waals surface area contributed by atoms with Crippen LogP contribution in [0.4, 0.5) is 0 Å². The second-order valence-electron chi connectivity index (χ2n) is 7.14. The molecule has 0 amide bonds. The lowest BCUT2D eigenvalue weighted by molar-refractivity contribution is -0.140. The molecule has 1 unspecified atom stereocenters. The largest absolute Gasteiger partial charge is 0.506 e. The molecule has 152 valence electrons. The molecule has 1 aromatic heterocycles. The molecule has 0 aliphatic heterocycles. The molecule has 0 saturated carbocycles. The number of aromatic hydroxyl groups is 1. The molecule has 0 aliphatic carbocycles. The van der Waals surface area contributed by atoms with Gasteiger partial charge in [-0.15, -0.1) is 0 Å². The van der Waals surface area contributed by atoms with Crippen molar-refractivity contribution in [1.82, 2.24) is 4.57 Å². The summed E-state index contributed by atoms with van der Waals surface area (Å²) < 4.78 is 1.46. The highest BCUT2D eigenvalue weighted by atomic mass is 35.5. The smallest absolute Gasteiger partial charge is 0.311 e. The number of nitrogens with zero attached hydrogens (tertiary/aromatic N) is 1. The summed E-state index contributed by atoms with van der Waals surface area (Å²) in [6, 6.07) is 9.44. The summed E-state index contributed by atoms with van der Waals surface area (Å²) in [4.78, 5) is 25.5. The molecule has 0 fully saturated rings. The molecule has 5 nitrogen and oxygen atoms in total. The van der Waals surface area contributed by atoms with Gasteiger partial charge in [0, 0.05) is 21.7 Å². The summed E-state index contributed by atoms with van der Waals surface area (Å²) in [6.07, 6.45) is 0.630. The SMILES string of the molecule is CCC(C)[C@H](C(=O)O)c1c(C)n(C(=O)c2ccc(Cl)cc2)c2ccc(O)c(Cl)c12. The standard InChI is InChI=1S/C22H21Cl2NO4/c1-4-11(2)17(22(28)29)18-12(3)25(15-9-10-16(26)20(24)19(15)18)21(27)13-5-7-14(23)8-6-13/h5-11,17,26H,4H2,1-3H3,(H,28,29)/t11?,17-/m0/s1. The van der Waals surface area contributed by atoms with Crippen LogP contribution in [0.2, 0.25) is 10.0 Å². The number of carboxylic acids is 1. The number of phenols is 1. The Morgan fingerprint density at radius 2 is 1.72 bits per heavy atom. The van der Waals surface area contributed by atoms with Crippen LogP contribution in [-0.4, -0.2) is 26.7 Å². The third-order valence-electron chi connectivity index (χ3n) is 5.42. The third kappa shape index (κ3) is 3.61. The zero-order valence-electron chi connectivity index (χ0n) is 16.2. The predicted molar refractivity (Wildman–Crippen MR) is 114 cm³/mol. The third-order valence-corrected chi connectivity index (χ3v) is 6.05. The van der Waals surface area contributed by atoms with Gasteiger partial charge in [-0.2, -0.15) is 0 Å². The molecular formula is C22H21Cl2NO4. The van der Waals surface area contributed by atoms with Crippen molar-refractivity contribution in [3.63, 3.8) is 0 Å².